The molecule has 0 unspecified atom stereocenters. The van der Waals surface area contributed by atoms with Crippen LogP contribution in [0.3, 0.4) is 0 Å². The quantitative estimate of drug-likeness (QED) is 0.370. The monoisotopic (exact) mass is 517 g/mol. The van der Waals surface area contributed by atoms with Crippen molar-refractivity contribution < 1.29 is 27.8 Å². The Kier molecular flexibility index (Phi) is 7.76. The van der Waals surface area contributed by atoms with Crippen LogP contribution in [0.4, 0.5) is 5.69 Å². The van der Waals surface area contributed by atoms with E-state index < -0.39 is 16.0 Å². The highest BCUT2D eigenvalue weighted by Gasteiger charge is 2.24. The van der Waals surface area contributed by atoms with E-state index in [1.54, 1.807) is 6.20 Å². The van der Waals surface area contributed by atoms with Gasteiger partial charge in [0, 0.05) is 43.6 Å². The lowest BCUT2D eigenvalue weighted by Gasteiger charge is -2.26. The molecule has 1 aromatic carbocycles. The van der Waals surface area contributed by atoms with Crippen LogP contribution >= 0.6 is 0 Å². The van der Waals surface area contributed by atoms with Crippen LogP contribution in [0.5, 0.6) is 5.75 Å². The molecule has 0 radical (unpaired) electrons. The number of carbonyl (C=O) groups is 1. The predicted octanol–water partition coefficient (Wildman–Crippen LogP) is 2.79. The van der Waals surface area contributed by atoms with E-state index in [1.165, 1.54) is 19.2 Å². The fraction of sp³-hybridized carbons (Fsp3) is 0.458. The van der Waals surface area contributed by atoms with Crippen molar-refractivity contribution >= 4 is 32.7 Å². The number of fused-ring (bicyclic) bond motifs is 1. The van der Waals surface area contributed by atoms with Crippen molar-refractivity contribution in [3.05, 3.63) is 41.2 Å². The standard InChI is InChI=1S/C24H31N5O6S/c1-4-20-18(14-26-36(32,33)16-6-7-21(34-3)17(12-16)24(30)31)22(27-15-8-10-35-11-9-15)19-13-25-29(5-2)23(19)28-20/h6-7,12-13,15,26H,4-5,8-11,14H2,1-3H3,(H,27,28)(H,30,31). The van der Waals surface area contributed by atoms with Crippen LogP contribution in [-0.2, 0) is 34.3 Å². The van der Waals surface area contributed by atoms with Gasteiger partial charge >= 0.3 is 5.97 Å². The highest BCUT2D eigenvalue weighted by atomic mass is 32.2. The summed E-state index contributed by atoms with van der Waals surface area (Å²) in [6.45, 7) is 5.92. The molecule has 0 atom stereocenters. The molecule has 36 heavy (non-hydrogen) atoms. The molecule has 0 saturated carbocycles. The molecule has 0 aliphatic carbocycles. The Morgan fingerprint density at radius 1 is 1.28 bits per heavy atom. The molecule has 3 N–H and O–H groups in total. The van der Waals surface area contributed by atoms with Gasteiger partial charge in [-0.3, -0.25) is 0 Å². The summed E-state index contributed by atoms with van der Waals surface area (Å²) in [6.07, 6.45) is 4.02. The maximum absolute atomic E-state index is 13.2. The zero-order valence-electron chi connectivity index (χ0n) is 20.6. The van der Waals surface area contributed by atoms with Crippen molar-refractivity contribution in [2.45, 2.75) is 57.1 Å². The number of hydrogen-bond acceptors (Lipinski definition) is 8. The van der Waals surface area contributed by atoms with Crippen LogP contribution in [0.15, 0.2) is 29.3 Å². The van der Waals surface area contributed by atoms with Crippen molar-refractivity contribution in [3.8, 4) is 5.75 Å². The first-order valence-electron chi connectivity index (χ1n) is 11.9. The number of aryl methyl sites for hydroxylation is 2. The molecule has 0 spiro atoms. The number of anilines is 1. The van der Waals surface area contributed by atoms with Gasteiger partial charge < -0.3 is 19.9 Å². The van der Waals surface area contributed by atoms with Gasteiger partial charge in [0.15, 0.2) is 5.65 Å². The number of aromatic nitrogens is 3. The number of hydrogen-bond donors (Lipinski definition) is 3. The Labute approximate surface area is 209 Å². The minimum absolute atomic E-state index is 0.0221. The number of pyridine rings is 1. The first-order chi connectivity index (χ1) is 17.3. The maximum Gasteiger partial charge on any atom is 0.339 e. The van der Waals surface area contributed by atoms with Gasteiger partial charge in [0.1, 0.15) is 11.3 Å². The summed E-state index contributed by atoms with van der Waals surface area (Å²) in [6, 6.07) is 3.93. The van der Waals surface area contributed by atoms with Crippen LogP contribution in [0, 0.1) is 0 Å². The number of benzene rings is 1. The molecule has 1 saturated heterocycles. The number of rotatable bonds is 10. The van der Waals surface area contributed by atoms with Crippen molar-refractivity contribution in [3.63, 3.8) is 0 Å². The van der Waals surface area contributed by atoms with E-state index in [2.05, 4.69) is 15.1 Å². The topological polar surface area (TPSA) is 145 Å². The molecule has 11 nitrogen and oxygen atoms in total. The molecule has 3 heterocycles. The molecule has 1 aliphatic rings. The van der Waals surface area contributed by atoms with E-state index in [-0.39, 0.29) is 28.8 Å². The fourth-order valence-corrected chi connectivity index (χ4v) is 5.39. The second-order valence-electron chi connectivity index (χ2n) is 8.49. The van der Waals surface area contributed by atoms with Crippen molar-refractivity contribution in [2.75, 3.05) is 25.6 Å². The molecule has 12 heteroatoms. The number of nitrogens with zero attached hydrogens (tertiary/aromatic N) is 3. The van der Waals surface area contributed by atoms with E-state index in [9.17, 15) is 18.3 Å². The number of carboxylic acid groups (broad SMARTS) is 1. The smallest absolute Gasteiger partial charge is 0.339 e. The zero-order chi connectivity index (χ0) is 25.9. The second-order valence-corrected chi connectivity index (χ2v) is 10.3. The molecule has 4 rings (SSSR count). The van der Waals surface area contributed by atoms with Gasteiger partial charge in [0.25, 0.3) is 0 Å². The van der Waals surface area contributed by atoms with Gasteiger partial charge in [0.05, 0.1) is 29.3 Å². The summed E-state index contributed by atoms with van der Waals surface area (Å²) >= 11 is 0. The third kappa shape index (κ3) is 5.15. The SMILES string of the molecule is CCc1nc2c(cnn2CC)c(NC2CCOCC2)c1CNS(=O)(=O)c1ccc(OC)c(C(=O)O)c1. The fourth-order valence-electron chi connectivity index (χ4n) is 4.37. The minimum atomic E-state index is -4.03. The Morgan fingerprint density at radius 3 is 2.67 bits per heavy atom. The largest absolute Gasteiger partial charge is 0.496 e. The molecular weight excluding hydrogens is 486 g/mol. The highest BCUT2D eigenvalue weighted by molar-refractivity contribution is 7.89. The van der Waals surface area contributed by atoms with E-state index in [4.69, 9.17) is 14.5 Å². The van der Waals surface area contributed by atoms with Crippen LogP contribution in [0.1, 0.15) is 48.3 Å². The first-order valence-corrected chi connectivity index (χ1v) is 13.4. The zero-order valence-corrected chi connectivity index (χ0v) is 21.4. The molecule has 2 aromatic heterocycles. The molecule has 0 amide bonds. The summed E-state index contributed by atoms with van der Waals surface area (Å²) in [5, 5.41) is 18.4. The molecule has 1 aliphatic heterocycles. The molecule has 3 aromatic rings. The summed E-state index contributed by atoms with van der Waals surface area (Å²) in [4.78, 5) is 16.2. The number of sulfonamides is 1. The lowest BCUT2D eigenvalue weighted by Crippen LogP contribution is -2.30. The van der Waals surface area contributed by atoms with E-state index in [0.717, 1.165) is 46.9 Å². The normalized spacial score (nSPS) is 14.8. The van der Waals surface area contributed by atoms with Crippen LogP contribution in [-0.4, -0.2) is 60.6 Å². The van der Waals surface area contributed by atoms with E-state index >= 15 is 0 Å². The summed E-state index contributed by atoms with van der Waals surface area (Å²) < 4.78 is 41.4. The number of ether oxygens (including phenoxy) is 2. The predicted molar refractivity (Wildman–Crippen MR) is 134 cm³/mol. The second kappa shape index (κ2) is 10.8. The van der Waals surface area contributed by atoms with Crippen molar-refractivity contribution in [1.29, 1.82) is 0 Å². The van der Waals surface area contributed by atoms with Gasteiger partial charge in [-0.05, 0) is 44.4 Å². The number of nitrogens with one attached hydrogen (secondary N) is 2. The molecule has 0 bridgehead atoms. The Balaban J connectivity index is 1.72. The van der Waals surface area contributed by atoms with Gasteiger partial charge in [-0.1, -0.05) is 6.92 Å². The Morgan fingerprint density at radius 2 is 2.03 bits per heavy atom. The number of aromatic carboxylic acids is 1. The van der Waals surface area contributed by atoms with Gasteiger partial charge in [0.2, 0.25) is 10.0 Å². The van der Waals surface area contributed by atoms with Crippen molar-refractivity contribution in [2.24, 2.45) is 0 Å². The van der Waals surface area contributed by atoms with Gasteiger partial charge in [-0.15, -0.1) is 0 Å². The lowest BCUT2D eigenvalue weighted by molar-refractivity contribution is 0.0693. The molecule has 1 fully saturated rings. The lowest BCUT2D eigenvalue weighted by atomic mass is 10.0. The molecule has 194 valence electrons. The third-order valence-corrected chi connectivity index (χ3v) is 7.73. The van der Waals surface area contributed by atoms with E-state index in [1.807, 2.05) is 18.5 Å². The van der Waals surface area contributed by atoms with Crippen LogP contribution < -0.4 is 14.8 Å². The summed E-state index contributed by atoms with van der Waals surface area (Å²) in [5.41, 5.74) is 2.83. The van der Waals surface area contributed by atoms with E-state index in [0.29, 0.717) is 26.2 Å². The third-order valence-electron chi connectivity index (χ3n) is 6.33. The van der Waals surface area contributed by atoms with Crippen molar-refractivity contribution in [1.82, 2.24) is 19.5 Å². The maximum atomic E-state index is 13.2. The van der Waals surface area contributed by atoms with Gasteiger partial charge in [-0.25, -0.2) is 27.6 Å². The molecular formula is C24H31N5O6S. The van der Waals surface area contributed by atoms with Crippen LogP contribution in [0.2, 0.25) is 0 Å². The summed E-state index contributed by atoms with van der Waals surface area (Å²) in [7, 11) is -2.70. The minimum Gasteiger partial charge on any atom is -0.496 e. The Bertz CT molecular complexity index is 1370. The number of carboxylic acids is 1. The van der Waals surface area contributed by atoms with Crippen LogP contribution in [0.25, 0.3) is 11.0 Å². The first kappa shape index (κ1) is 25.9. The van der Waals surface area contributed by atoms with Gasteiger partial charge in [-0.2, -0.15) is 5.10 Å². The number of methoxy groups -OCH3 is 1. The summed E-state index contributed by atoms with van der Waals surface area (Å²) in [5.74, 6) is -1.19. The highest BCUT2D eigenvalue weighted by Crippen LogP contribution is 2.32. The average Bonchev–Trinajstić information content (AvgIpc) is 3.30. The Hall–Kier alpha value is -3.22. The average molecular weight is 518 g/mol.